The first-order chi connectivity index (χ1) is 11.1. The standard InChI is InChI=1S/C15H19N7O/c1-10(2)15-17-13(19-23-15)9-16-11(3)14-18-20-21-22(14)12-7-5-4-6-8-12/h4-8,10-11,16H,9H2,1-3H3/t11-/m0/s1. The van der Waals surface area contributed by atoms with Gasteiger partial charge in [0.15, 0.2) is 11.6 Å². The Morgan fingerprint density at radius 3 is 2.65 bits per heavy atom. The highest BCUT2D eigenvalue weighted by Gasteiger charge is 2.17. The predicted molar refractivity (Wildman–Crippen MR) is 82.8 cm³/mol. The van der Waals surface area contributed by atoms with E-state index in [0.717, 1.165) is 11.5 Å². The summed E-state index contributed by atoms with van der Waals surface area (Å²) < 4.78 is 6.91. The summed E-state index contributed by atoms with van der Waals surface area (Å²) in [6.45, 7) is 6.51. The molecule has 120 valence electrons. The average molecular weight is 313 g/mol. The van der Waals surface area contributed by atoms with Gasteiger partial charge in [0.1, 0.15) is 0 Å². The maximum absolute atomic E-state index is 5.20. The molecule has 2 heterocycles. The molecule has 8 heteroatoms. The van der Waals surface area contributed by atoms with E-state index in [1.54, 1.807) is 4.68 Å². The fourth-order valence-corrected chi connectivity index (χ4v) is 2.13. The van der Waals surface area contributed by atoms with Gasteiger partial charge in [-0.25, -0.2) is 0 Å². The van der Waals surface area contributed by atoms with E-state index in [2.05, 4.69) is 31.0 Å². The molecule has 0 spiro atoms. The van der Waals surface area contributed by atoms with Crippen LogP contribution in [0.15, 0.2) is 34.9 Å². The van der Waals surface area contributed by atoms with Gasteiger partial charge >= 0.3 is 0 Å². The molecular formula is C15H19N7O. The SMILES string of the molecule is CC(C)c1nc(CN[C@@H](C)c2nnnn2-c2ccccc2)no1. The Labute approximate surface area is 133 Å². The second-order valence-corrected chi connectivity index (χ2v) is 5.59. The molecule has 0 amide bonds. The third kappa shape index (κ3) is 3.42. The lowest BCUT2D eigenvalue weighted by atomic mass is 10.2. The number of benzene rings is 1. The highest BCUT2D eigenvalue weighted by atomic mass is 16.5. The first kappa shape index (κ1) is 15.3. The van der Waals surface area contributed by atoms with Gasteiger partial charge < -0.3 is 9.84 Å². The van der Waals surface area contributed by atoms with Gasteiger partial charge in [-0.3, -0.25) is 0 Å². The zero-order chi connectivity index (χ0) is 16.2. The first-order valence-corrected chi connectivity index (χ1v) is 7.54. The summed E-state index contributed by atoms with van der Waals surface area (Å²) >= 11 is 0. The number of hydrogen-bond donors (Lipinski definition) is 1. The molecule has 0 aliphatic rings. The van der Waals surface area contributed by atoms with Crippen molar-refractivity contribution in [2.45, 2.75) is 39.3 Å². The molecule has 1 N–H and O–H groups in total. The third-order valence-corrected chi connectivity index (χ3v) is 3.43. The lowest BCUT2D eigenvalue weighted by Gasteiger charge is -2.12. The van der Waals surface area contributed by atoms with Crippen LogP contribution in [0, 0.1) is 0 Å². The van der Waals surface area contributed by atoms with Crippen molar-refractivity contribution >= 4 is 0 Å². The van der Waals surface area contributed by atoms with Crippen LogP contribution in [0.5, 0.6) is 0 Å². The average Bonchev–Trinajstić information content (AvgIpc) is 3.23. The van der Waals surface area contributed by atoms with Gasteiger partial charge in [0, 0.05) is 5.92 Å². The molecule has 0 bridgehead atoms. The lowest BCUT2D eigenvalue weighted by Crippen LogP contribution is -2.22. The summed E-state index contributed by atoms with van der Waals surface area (Å²) in [4.78, 5) is 4.34. The van der Waals surface area contributed by atoms with Crippen LogP contribution in [-0.4, -0.2) is 30.3 Å². The van der Waals surface area contributed by atoms with Crippen LogP contribution in [0.3, 0.4) is 0 Å². The molecule has 0 radical (unpaired) electrons. The highest BCUT2D eigenvalue weighted by Crippen LogP contribution is 2.15. The molecule has 2 aromatic heterocycles. The van der Waals surface area contributed by atoms with Crippen LogP contribution in [0.4, 0.5) is 0 Å². The van der Waals surface area contributed by atoms with E-state index in [9.17, 15) is 0 Å². The van der Waals surface area contributed by atoms with Crippen LogP contribution in [-0.2, 0) is 6.54 Å². The van der Waals surface area contributed by atoms with Crippen molar-refractivity contribution in [3.8, 4) is 5.69 Å². The number of rotatable bonds is 6. The maximum Gasteiger partial charge on any atom is 0.229 e. The van der Waals surface area contributed by atoms with Crippen LogP contribution >= 0.6 is 0 Å². The maximum atomic E-state index is 5.20. The lowest BCUT2D eigenvalue weighted by molar-refractivity contribution is 0.358. The molecule has 0 aliphatic carbocycles. The van der Waals surface area contributed by atoms with Crippen LogP contribution < -0.4 is 5.32 Å². The Kier molecular flexibility index (Phi) is 4.42. The van der Waals surface area contributed by atoms with Crippen molar-refractivity contribution < 1.29 is 4.52 Å². The van der Waals surface area contributed by atoms with Crippen molar-refractivity contribution in [1.29, 1.82) is 0 Å². The molecule has 1 aromatic carbocycles. The van der Waals surface area contributed by atoms with E-state index in [1.807, 2.05) is 51.1 Å². The number of hydrogen-bond acceptors (Lipinski definition) is 7. The van der Waals surface area contributed by atoms with E-state index in [1.165, 1.54) is 0 Å². The Bertz CT molecular complexity index is 750. The summed E-state index contributed by atoms with van der Waals surface area (Å²) in [7, 11) is 0. The fraction of sp³-hybridized carbons (Fsp3) is 0.400. The third-order valence-electron chi connectivity index (χ3n) is 3.43. The van der Waals surface area contributed by atoms with Crippen molar-refractivity contribution in [3.63, 3.8) is 0 Å². The zero-order valence-electron chi connectivity index (χ0n) is 13.3. The quantitative estimate of drug-likeness (QED) is 0.744. The van der Waals surface area contributed by atoms with Crippen molar-refractivity contribution in [1.82, 2.24) is 35.7 Å². The van der Waals surface area contributed by atoms with E-state index in [0.29, 0.717) is 18.3 Å². The zero-order valence-corrected chi connectivity index (χ0v) is 13.3. The Balaban J connectivity index is 1.69. The number of aromatic nitrogens is 6. The molecule has 0 fully saturated rings. The minimum Gasteiger partial charge on any atom is -0.339 e. The molecule has 0 saturated heterocycles. The largest absolute Gasteiger partial charge is 0.339 e. The first-order valence-electron chi connectivity index (χ1n) is 7.54. The van der Waals surface area contributed by atoms with E-state index in [-0.39, 0.29) is 12.0 Å². The van der Waals surface area contributed by atoms with Crippen molar-refractivity contribution in [2.75, 3.05) is 0 Å². The van der Waals surface area contributed by atoms with Crippen molar-refractivity contribution in [2.24, 2.45) is 0 Å². The Morgan fingerprint density at radius 1 is 1.17 bits per heavy atom. The topological polar surface area (TPSA) is 94.6 Å². The summed E-state index contributed by atoms with van der Waals surface area (Å²) in [6, 6.07) is 9.71. The Hall–Kier alpha value is -2.61. The second kappa shape index (κ2) is 6.66. The number of nitrogens with one attached hydrogen (secondary N) is 1. The smallest absolute Gasteiger partial charge is 0.229 e. The molecule has 1 atom stereocenters. The van der Waals surface area contributed by atoms with E-state index < -0.39 is 0 Å². The summed E-state index contributed by atoms with van der Waals surface area (Å²) in [6.07, 6.45) is 0. The number of tetrazole rings is 1. The Morgan fingerprint density at radius 2 is 1.96 bits per heavy atom. The molecular weight excluding hydrogens is 294 g/mol. The molecule has 0 saturated carbocycles. The normalized spacial score (nSPS) is 12.7. The molecule has 8 nitrogen and oxygen atoms in total. The van der Waals surface area contributed by atoms with E-state index >= 15 is 0 Å². The van der Waals surface area contributed by atoms with Gasteiger partial charge in [-0.15, -0.1) is 5.10 Å². The summed E-state index contributed by atoms with van der Waals surface area (Å²) in [5, 5.41) is 19.2. The summed E-state index contributed by atoms with van der Waals surface area (Å²) in [5.74, 6) is 2.21. The van der Waals surface area contributed by atoms with Crippen molar-refractivity contribution in [3.05, 3.63) is 47.9 Å². The second-order valence-electron chi connectivity index (χ2n) is 5.59. The van der Waals surface area contributed by atoms with Crippen LogP contribution in [0.25, 0.3) is 5.69 Å². The highest BCUT2D eigenvalue weighted by molar-refractivity contribution is 5.30. The van der Waals surface area contributed by atoms with Gasteiger partial charge in [0.2, 0.25) is 5.89 Å². The molecule has 3 rings (SSSR count). The minimum atomic E-state index is -0.0637. The van der Waals surface area contributed by atoms with Gasteiger partial charge in [0.25, 0.3) is 0 Å². The number of para-hydroxylation sites is 1. The van der Waals surface area contributed by atoms with Gasteiger partial charge in [-0.2, -0.15) is 9.67 Å². The molecule has 3 aromatic rings. The molecule has 0 unspecified atom stereocenters. The number of nitrogens with zero attached hydrogens (tertiary/aromatic N) is 6. The van der Waals surface area contributed by atoms with Gasteiger partial charge in [0.05, 0.1) is 18.3 Å². The minimum absolute atomic E-state index is 0.0637. The molecule has 23 heavy (non-hydrogen) atoms. The summed E-state index contributed by atoms with van der Waals surface area (Å²) in [5.41, 5.74) is 0.919. The van der Waals surface area contributed by atoms with Crippen LogP contribution in [0.1, 0.15) is 50.3 Å². The van der Waals surface area contributed by atoms with E-state index in [4.69, 9.17) is 4.52 Å². The monoisotopic (exact) mass is 313 g/mol. The predicted octanol–water partition coefficient (Wildman–Crippen LogP) is 2.02. The van der Waals surface area contributed by atoms with Gasteiger partial charge in [-0.1, -0.05) is 37.2 Å². The fourth-order valence-electron chi connectivity index (χ4n) is 2.13. The van der Waals surface area contributed by atoms with Gasteiger partial charge in [-0.05, 0) is 29.5 Å². The van der Waals surface area contributed by atoms with Crippen LogP contribution in [0.2, 0.25) is 0 Å². The molecule has 0 aliphatic heterocycles.